The van der Waals surface area contributed by atoms with Gasteiger partial charge in [-0.3, -0.25) is 9.89 Å². The van der Waals surface area contributed by atoms with Crippen molar-refractivity contribution in [3.63, 3.8) is 0 Å². The second kappa shape index (κ2) is 13.9. The summed E-state index contributed by atoms with van der Waals surface area (Å²) in [6.45, 7) is 11.1. The van der Waals surface area contributed by atoms with E-state index in [2.05, 4.69) is 39.3 Å². The first-order chi connectivity index (χ1) is 13.1. The average molecular weight is 507 g/mol. The molecular formula is C20H35FIN5O. The lowest BCUT2D eigenvalue weighted by atomic mass is 10.2. The van der Waals surface area contributed by atoms with Gasteiger partial charge in [0.25, 0.3) is 0 Å². The number of ether oxygens (including phenoxy) is 1. The molecule has 6 nitrogen and oxygen atoms in total. The van der Waals surface area contributed by atoms with Crippen molar-refractivity contribution < 1.29 is 9.13 Å². The number of hydrogen-bond acceptors (Lipinski definition) is 4. The van der Waals surface area contributed by atoms with Gasteiger partial charge in [-0.05, 0) is 32.4 Å². The van der Waals surface area contributed by atoms with Crippen LogP contribution < -0.4 is 15.5 Å². The van der Waals surface area contributed by atoms with Gasteiger partial charge in [-0.25, -0.2) is 4.39 Å². The third kappa shape index (κ3) is 8.48. The molecule has 1 fully saturated rings. The van der Waals surface area contributed by atoms with E-state index in [-0.39, 0.29) is 35.8 Å². The zero-order valence-electron chi connectivity index (χ0n) is 17.3. The van der Waals surface area contributed by atoms with Crippen LogP contribution in [-0.4, -0.2) is 76.4 Å². The molecule has 1 saturated heterocycles. The zero-order chi connectivity index (χ0) is 19.5. The standard InChI is InChI=1S/C20H34FN5O.HI/c1-4-22-20(24-17(2)16-27-3)23-10-7-11-25-12-14-26(15-13-25)19-9-6-5-8-18(19)21;/h5-6,8-9,17H,4,7,10-16H2,1-3H3,(H2,22,23,24);1H. The van der Waals surface area contributed by atoms with Crippen molar-refractivity contribution in [1.82, 2.24) is 15.5 Å². The second-order valence-corrected chi connectivity index (χ2v) is 6.90. The maximum atomic E-state index is 13.9. The Morgan fingerprint density at radius 1 is 1.25 bits per heavy atom. The Balaban J connectivity index is 0.00000392. The molecule has 0 aromatic heterocycles. The largest absolute Gasteiger partial charge is 0.383 e. The van der Waals surface area contributed by atoms with Crippen molar-refractivity contribution >= 4 is 35.6 Å². The fraction of sp³-hybridized carbons (Fsp3) is 0.650. The first kappa shape index (κ1) is 24.9. The van der Waals surface area contributed by atoms with Crippen LogP contribution in [0.3, 0.4) is 0 Å². The fourth-order valence-corrected chi connectivity index (χ4v) is 3.25. The summed E-state index contributed by atoms with van der Waals surface area (Å²) in [5, 5.41) is 6.61. The lowest BCUT2D eigenvalue weighted by molar-refractivity contribution is 0.179. The molecule has 0 bridgehead atoms. The summed E-state index contributed by atoms with van der Waals surface area (Å²) in [7, 11) is 1.70. The molecule has 2 rings (SSSR count). The van der Waals surface area contributed by atoms with Gasteiger partial charge in [0.2, 0.25) is 0 Å². The van der Waals surface area contributed by atoms with Crippen LogP contribution in [-0.2, 0) is 4.74 Å². The Hall–Kier alpha value is -1.13. The smallest absolute Gasteiger partial charge is 0.191 e. The van der Waals surface area contributed by atoms with E-state index < -0.39 is 0 Å². The number of hydrogen-bond donors (Lipinski definition) is 2. The zero-order valence-corrected chi connectivity index (χ0v) is 19.6. The Labute approximate surface area is 185 Å². The van der Waals surface area contributed by atoms with Crippen molar-refractivity contribution in [2.24, 2.45) is 4.99 Å². The van der Waals surface area contributed by atoms with Crippen LogP contribution in [0.25, 0.3) is 0 Å². The molecule has 0 saturated carbocycles. The van der Waals surface area contributed by atoms with Crippen molar-refractivity contribution in [2.45, 2.75) is 26.3 Å². The van der Waals surface area contributed by atoms with Crippen LogP contribution in [0.4, 0.5) is 10.1 Å². The number of nitrogens with zero attached hydrogens (tertiary/aromatic N) is 3. The quantitative estimate of drug-likeness (QED) is 0.233. The summed E-state index contributed by atoms with van der Waals surface area (Å²) in [6.07, 6.45) is 1.01. The van der Waals surface area contributed by atoms with E-state index in [0.717, 1.165) is 58.2 Å². The van der Waals surface area contributed by atoms with Crippen LogP contribution in [0, 0.1) is 5.82 Å². The van der Waals surface area contributed by atoms with Crippen LogP contribution in [0.1, 0.15) is 20.3 Å². The van der Waals surface area contributed by atoms with Crippen molar-refractivity contribution in [3.8, 4) is 0 Å². The van der Waals surface area contributed by atoms with Gasteiger partial charge in [0, 0.05) is 59.0 Å². The number of benzene rings is 1. The predicted octanol–water partition coefficient (Wildman–Crippen LogP) is 2.55. The van der Waals surface area contributed by atoms with Crippen LogP contribution in [0.2, 0.25) is 0 Å². The minimum absolute atomic E-state index is 0. The highest BCUT2D eigenvalue weighted by atomic mass is 127. The van der Waals surface area contributed by atoms with Crippen molar-refractivity contribution in [1.29, 1.82) is 0 Å². The molecule has 2 N–H and O–H groups in total. The number of aliphatic imine (C=N–C) groups is 1. The maximum absolute atomic E-state index is 13.9. The van der Waals surface area contributed by atoms with E-state index in [1.54, 1.807) is 13.2 Å². The third-order valence-corrected chi connectivity index (χ3v) is 4.61. The van der Waals surface area contributed by atoms with E-state index in [9.17, 15) is 4.39 Å². The summed E-state index contributed by atoms with van der Waals surface area (Å²) in [5.74, 6) is 0.706. The Kier molecular flexibility index (Phi) is 12.4. The van der Waals surface area contributed by atoms with Gasteiger partial charge in [0.05, 0.1) is 12.3 Å². The molecule has 0 aliphatic carbocycles. The molecule has 1 aromatic rings. The molecule has 8 heteroatoms. The molecule has 1 aliphatic heterocycles. The Morgan fingerprint density at radius 3 is 2.61 bits per heavy atom. The number of methoxy groups -OCH3 is 1. The number of para-hydroxylation sites is 1. The monoisotopic (exact) mass is 507 g/mol. The van der Waals surface area contributed by atoms with Gasteiger partial charge < -0.3 is 20.3 Å². The van der Waals surface area contributed by atoms with Crippen LogP contribution in [0.15, 0.2) is 29.3 Å². The number of rotatable bonds is 9. The molecule has 1 atom stereocenters. The summed E-state index contributed by atoms with van der Waals surface area (Å²) < 4.78 is 19.1. The Morgan fingerprint density at radius 2 is 1.96 bits per heavy atom. The highest BCUT2D eigenvalue weighted by Gasteiger charge is 2.18. The topological polar surface area (TPSA) is 52.1 Å². The molecule has 1 aromatic carbocycles. The van der Waals surface area contributed by atoms with E-state index in [4.69, 9.17) is 4.74 Å². The molecule has 160 valence electrons. The predicted molar refractivity (Wildman–Crippen MR) is 126 cm³/mol. The van der Waals surface area contributed by atoms with E-state index in [0.29, 0.717) is 12.3 Å². The molecule has 1 unspecified atom stereocenters. The molecule has 0 radical (unpaired) electrons. The van der Waals surface area contributed by atoms with Crippen LogP contribution >= 0.6 is 24.0 Å². The normalized spacial score (nSPS) is 16.4. The summed E-state index contributed by atoms with van der Waals surface area (Å²) in [4.78, 5) is 9.21. The van der Waals surface area contributed by atoms with Gasteiger partial charge in [0.15, 0.2) is 5.96 Å². The van der Waals surface area contributed by atoms with Gasteiger partial charge in [-0.15, -0.1) is 24.0 Å². The number of piperazine rings is 1. The first-order valence-electron chi connectivity index (χ1n) is 9.89. The molecule has 28 heavy (non-hydrogen) atoms. The number of anilines is 1. The fourth-order valence-electron chi connectivity index (χ4n) is 3.25. The molecule has 0 amide bonds. The third-order valence-electron chi connectivity index (χ3n) is 4.61. The van der Waals surface area contributed by atoms with E-state index in [1.807, 2.05) is 12.1 Å². The van der Waals surface area contributed by atoms with Gasteiger partial charge >= 0.3 is 0 Å². The highest BCUT2D eigenvalue weighted by Crippen LogP contribution is 2.20. The minimum Gasteiger partial charge on any atom is -0.383 e. The Bertz CT molecular complexity index is 581. The molecule has 1 heterocycles. The summed E-state index contributed by atoms with van der Waals surface area (Å²) in [5.41, 5.74) is 0.716. The van der Waals surface area contributed by atoms with E-state index in [1.165, 1.54) is 6.07 Å². The molecule has 1 aliphatic rings. The second-order valence-electron chi connectivity index (χ2n) is 6.90. The highest BCUT2D eigenvalue weighted by molar-refractivity contribution is 14.0. The molecule has 0 spiro atoms. The van der Waals surface area contributed by atoms with Crippen LogP contribution in [0.5, 0.6) is 0 Å². The van der Waals surface area contributed by atoms with Crippen molar-refractivity contribution in [2.75, 3.05) is 64.4 Å². The van der Waals surface area contributed by atoms with Gasteiger partial charge in [-0.2, -0.15) is 0 Å². The SMILES string of the molecule is CCNC(=NCCCN1CCN(c2ccccc2F)CC1)NC(C)COC.I. The minimum atomic E-state index is -0.133. The number of nitrogens with one attached hydrogen (secondary N) is 2. The lowest BCUT2D eigenvalue weighted by Crippen LogP contribution is -2.47. The summed E-state index contributed by atoms with van der Waals surface area (Å²) in [6, 6.07) is 7.25. The average Bonchev–Trinajstić information content (AvgIpc) is 2.66. The first-order valence-corrected chi connectivity index (χ1v) is 9.89. The van der Waals surface area contributed by atoms with E-state index >= 15 is 0 Å². The molecular weight excluding hydrogens is 472 g/mol. The van der Waals surface area contributed by atoms with Crippen molar-refractivity contribution in [3.05, 3.63) is 30.1 Å². The van der Waals surface area contributed by atoms with Gasteiger partial charge in [0.1, 0.15) is 5.82 Å². The lowest BCUT2D eigenvalue weighted by Gasteiger charge is -2.36. The van der Waals surface area contributed by atoms with Gasteiger partial charge in [-0.1, -0.05) is 12.1 Å². The number of halogens is 2. The maximum Gasteiger partial charge on any atom is 0.191 e. The number of guanidine groups is 1. The summed E-state index contributed by atoms with van der Waals surface area (Å²) >= 11 is 0.